The summed E-state index contributed by atoms with van der Waals surface area (Å²) < 4.78 is 0. The van der Waals surface area contributed by atoms with E-state index in [1.165, 1.54) is 12.0 Å². The van der Waals surface area contributed by atoms with Crippen LogP contribution in [0, 0.1) is 0 Å². The maximum Gasteiger partial charge on any atom is 0.204 e. The van der Waals surface area contributed by atoms with Crippen molar-refractivity contribution in [2.24, 2.45) is 0 Å². The smallest absolute Gasteiger partial charge is 0.204 e. The molecule has 0 saturated carbocycles. The Morgan fingerprint density at radius 1 is 1.40 bits per heavy atom. The van der Waals surface area contributed by atoms with E-state index in [-0.39, 0.29) is 0 Å². The Bertz CT molecular complexity index is 514. The molecule has 2 aromatic rings. The van der Waals surface area contributed by atoms with Gasteiger partial charge in [0, 0.05) is 17.4 Å². The van der Waals surface area contributed by atoms with Gasteiger partial charge in [0.1, 0.15) is 0 Å². The van der Waals surface area contributed by atoms with Crippen LogP contribution >= 0.6 is 11.8 Å². The number of nitrogens with one attached hydrogen (secondary N) is 1. The summed E-state index contributed by atoms with van der Waals surface area (Å²) in [6.45, 7) is 4.32. The van der Waals surface area contributed by atoms with Crippen molar-refractivity contribution in [3.8, 4) is 11.4 Å². The third kappa shape index (κ3) is 4.31. The van der Waals surface area contributed by atoms with E-state index in [0.29, 0.717) is 11.1 Å². The number of nitrogens with zero attached hydrogens (tertiary/aromatic N) is 4. The quantitative estimate of drug-likeness (QED) is 0.849. The summed E-state index contributed by atoms with van der Waals surface area (Å²) in [7, 11) is 2.16. The van der Waals surface area contributed by atoms with Crippen LogP contribution in [0.2, 0.25) is 0 Å². The van der Waals surface area contributed by atoms with Crippen molar-refractivity contribution in [3.63, 3.8) is 0 Å². The molecule has 1 N–H and O–H groups in total. The Hall–Kier alpha value is -1.40. The van der Waals surface area contributed by atoms with Crippen LogP contribution in [-0.2, 0) is 6.54 Å². The third-order valence-corrected chi connectivity index (χ3v) is 4.34. The molecule has 1 heterocycles. The predicted molar refractivity (Wildman–Crippen MR) is 83.5 cm³/mol. The van der Waals surface area contributed by atoms with Gasteiger partial charge >= 0.3 is 0 Å². The second-order valence-corrected chi connectivity index (χ2v) is 6.28. The average molecular weight is 291 g/mol. The zero-order valence-corrected chi connectivity index (χ0v) is 13.0. The molecule has 0 saturated heterocycles. The topological polar surface area (TPSA) is 57.7 Å². The Morgan fingerprint density at radius 3 is 2.95 bits per heavy atom. The summed E-state index contributed by atoms with van der Waals surface area (Å²) >= 11 is 1.92. The molecule has 1 aromatic carbocycles. The van der Waals surface area contributed by atoms with Gasteiger partial charge in [-0.1, -0.05) is 25.1 Å². The Morgan fingerprint density at radius 2 is 2.25 bits per heavy atom. The molecular formula is C14H21N5S. The van der Waals surface area contributed by atoms with Crippen LogP contribution in [-0.4, -0.2) is 50.6 Å². The summed E-state index contributed by atoms with van der Waals surface area (Å²) in [6.07, 6.45) is 3.38. The maximum absolute atomic E-state index is 4.01. The molecule has 0 aliphatic rings. The monoisotopic (exact) mass is 291 g/mol. The van der Waals surface area contributed by atoms with Crippen molar-refractivity contribution in [2.75, 3.05) is 19.8 Å². The van der Waals surface area contributed by atoms with Gasteiger partial charge in [-0.05, 0) is 43.1 Å². The van der Waals surface area contributed by atoms with E-state index in [1.54, 1.807) is 0 Å². The van der Waals surface area contributed by atoms with Crippen LogP contribution in [0.1, 0.15) is 18.9 Å². The first-order chi connectivity index (χ1) is 9.69. The van der Waals surface area contributed by atoms with Crippen molar-refractivity contribution in [2.45, 2.75) is 25.1 Å². The number of hydrogen-bond donors (Lipinski definition) is 1. The predicted octanol–water partition coefficient (Wildman–Crippen LogP) is 2.44. The lowest BCUT2D eigenvalue weighted by Gasteiger charge is -2.18. The van der Waals surface area contributed by atoms with Gasteiger partial charge in [0.2, 0.25) is 5.82 Å². The lowest BCUT2D eigenvalue weighted by Crippen LogP contribution is -2.21. The molecular weight excluding hydrogens is 270 g/mol. The molecule has 20 heavy (non-hydrogen) atoms. The molecule has 0 spiro atoms. The molecule has 108 valence electrons. The van der Waals surface area contributed by atoms with E-state index in [0.717, 1.165) is 18.7 Å². The maximum atomic E-state index is 4.01. The lowest BCUT2D eigenvalue weighted by atomic mass is 10.1. The van der Waals surface area contributed by atoms with Crippen LogP contribution in [0.5, 0.6) is 0 Å². The first-order valence-electron chi connectivity index (χ1n) is 6.73. The van der Waals surface area contributed by atoms with E-state index in [2.05, 4.69) is 57.9 Å². The molecule has 0 bridgehead atoms. The molecule has 6 heteroatoms. The normalized spacial score (nSPS) is 12.8. The van der Waals surface area contributed by atoms with E-state index >= 15 is 0 Å². The fourth-order valence-electron chi connectivity index (χ4n) is 2.00. The minimum Gasteiger partial charge on any atom is -0.302 e. The highest BCUT2D eigenvalue weighted by molar-refractivity contribution is 7.99. The van der Waals surface area contributed by atoms with E-state index < -0.39 is 0 Å². The Balaban J connectivity index is 1.94. The molecule has 0 aliphatic carbocycles. The number of rotatable bonds is 7. The van der Waals surface area contributed by atoms with Crippen molar-refractivity contribution in [3.05, 3.63) is 29.8 Å². The fourth-order valence-corrected chi connectivity index (χ4v) is 2.34. The third-order valence-electron chi connectivity index (χ3n) is 3.30. The number of hydrogen-bond acceptors (Lipinski definition) is 5. The van der Waals surface area contributed by atoms with Crippen LogP contribution in [0.3, 0.4) is 0 Å². The summed E-state index contributed by atoms with van der Waals surface area (Å²) in [6, 6.07) is 8.31. The van der Waals surface area contributed by atoms with Gasteiger partial charge in [0.25, 0.3) is 0 Å². The molecule has 1 aromatic heterocycles. The molecule has 2 rings (SSSR count). The molecule has 0 fully saturated rings. The lowest BCUT2D eigenvalue weighted by molar-refractivity contribution is 0.322. The van der Waals surface area contributed by atoms with E-state index in [1.807, 2.05) is 23.9 Å². The molecule has 0 amide bonds. The summed E-state index contributed by atoms with van der Waals surface area (Å²) in [5.41, 5.74) is 2.27. The van der Waals surface area contributed by atoms with Gasteiger partial charge < -0.3 is 4.90 Å². The van der Waals surface area contributed by atoms with Gasteiger partial charge in [0.15, 0.2) is 0 Å². The number of aromatic nitrogens is 4. The van der Waals surface area contributed by atoms with Crippen LogP contribution < -0.4 is 0 Å². The zero-order chi connectivity index (χ0) is 14.4. The van der Waals surface area contributed by atoms with Crippen molar-refractivity contribution in [1.29, 1.82) is 0 Å². The first-order valence-corrected chi connectivity index (χ1v) is 8.02. The van der Waals surface area contributed by atoms with Crippen LogP contribution in [0.25, 0.3) is 11.4 Å². The Labute approximate surface area is 124 Å². The molecule has 0 aliphatic heterocycles. The van der Waals surface area contributed by atoms with Gasteiger partial charge in [-0.2, -0.15) is 17.0 Å². The first kappa shape index (κ1) is 15.0. The van der Waals surface area contributed by atoms with Gasteiger partial charge in [-0.15, -0.1) is 10.2 Å². The number of aromatic amines is 1. The van der Waals surface area contributed by atoms with Crippen LogP contribution in [0.4, 0.5) is 0 Å². The van der Waals surface area contributed by atoms with Crippen molar-refractivity contribution < 1.29 is 0 Å². The zero-order valence-electron chi connectivity index (χ0n) is 12.2. The molecule has 0 unspecified atom stereocenters. The van der Waals surface area contributed by atoms with Crippen LogP contribution in [0.15, 0.2) is 24.3 Å². The largest absolute Gasteiger partial charge is 0.302 e. The average Bonchev–Trinajstić information content (AvgIpc) is 2.99. The second-order valence-electron chi connectivity index (χ2n) is 5.01. The van der Waals surface area contributed by atoms with Gasteiger partial charge in [-0.25, -0.2) is 0 Å². The number of H-pyrrole nitrogens is 1. The minimum atomic E-state index is 0.644. The number of benzene rings is 1. The summed E-state index contributed by atoms with van der Waals surface area (Å²) in [5, 5.41) is 14.8. The van der Waals surface area contributed by atoms with E-state index in [9.17, 15) is 0 Å². The second kappa shape index (κ2) is 7.40. The van der Waals surface area contributed by atoms with Gasteiger partial charge in [0.05, 0.1) is 0 Å². The highest BCUT2D eigenvalue weighted by atomic mass is 32.2. The highest BCUT2D eigenvalue weighted by Crippen LogP contribution is 2.16. The molecule has 5 nitrogen and oxygen atoms in total. The number of tetrazole rings is 1. The highest BCUT2D eigenvalue weighted by Gasteiger charge is 2.07. The van der Waals surface area contributed by atoms with Gasteiger partial charge in [-0.3, -0.25) is 0 Å². The summed E-state index contributed by atoms with van der Waals surface area (Å²) in [5.74, 6) is 0.644. The molecule has 0 radical (unpaired) electrons. The van der Waals surface area contributed by atoms with Crippen molar-refractivity contribution in [1.82, 2.24) is 25.5 Å². The SMILES string of the molecule is CS[C@H](C)CCN(C)Cc1cccc(-c2nn[nH]n2)c1. The number of thioether (sulfide) groups is 1. The Kier molecular flexibility index (Phi) is 5.55. The van der Waals surface area contributed by atoms with E-state index in [4.69, 9.17) is 0 Å². The fraction of sp³-hybridized carbons (Fsp3) is 0.500. The molecule has 1 atom stereocenters. The minimum absolute atomic E-state index is 0.644. The standard InChI is InChI=1S/C14H21N5S/c1-11(20-3)7-8-19(2)10-12-5-4-6-13(9-12)14-15-17-18-16-14/h4-6,9,11H,7-8,10H2,1-3H3,(H,15,16,17,18)/t11-/m1/s1. The van der Waals surface area contributed by atoms with Crippen molar-refractivity contribution >= 4 is 11.8 Å². The summed E-state index contributed by atoms with van der Waals surface area (Å²) in [4.78, 5) is 2.35.